The summed E-state index contributed by atoms with van der Waals surface area (Å²) in [6.07, 6.45) is 1.14. The van der Waals surface area contributed by atoms with Crippen LogP contribution in [0.25, 0.3) is 0 Å². The highest BCUT2D eigenvalue weighted by Crippen LogP contribution is 2.18. The monoisotopic (exact) mass is 360 g/mol. The molecule has 1 heterocycles. The molecule has 140 valence electrons. The van der Waals surface area contributed by atoms with E-state index < -0.39 is 0 Å². The maximum absolute atomic E-state index is 11.9. The van der Waals surface area contributed by atoms with Gasteiger partial charge >= 0.3 is 5.97 Å². The van der Waals surface area contributed by atoms with Gasteiger partial charge in [-0.25, -0.2) is 0 Å². The molecule has 1 aromatic carbocycles. The normalized spacial score (nSPS) is 10.4. The van der Waals surface area contributed by atoms with E-state index in [2.05, 4.69) is 15.2 Å². The molecule has 0 spiro atoms. The highest BCUT2D eigenvalue weighted by atomic mass is 16.5. The molecule has 0 saturated carbocycles. The van der Waals surface area contributed by atoms with Gasteiger partial charge < -0.3 is 19.3 Å². The first kappa shape index (κ1) is 19.5. The molecule has 26 heavy (non-hydrogen) atoms. The van der Waals surface area contributed by atoms with Crippen molar-refractivity contribution < 1.29 is 23.6 Å². The van der Waals surface area contributed by atoms with Crippen molar-refractivity contribution in [2.24, 2.45) is 0 Å². The number of hydrogen-bond acceptors (Lipinski definition) is 6. The number of aromatic nitrogens is 1. The van der Waals surface area contributed by atoms with Crippen LogP contribution in [0.15, 0.2) is 28.8 Å². The molecule has 7 heteroatoms. The fourth-order valence-corrected chi connectivity index (χ4v) is 2.38. The van der Waals surface area contributed by atoms with Gasteiger partial charge in [0.2, 0.25) is 5.91 Å². The molecule has 0 aliphatic heterocycles. The molecular formula is C19H24N2O5. The Bertz CT molecular complexity index is 717. The zero-order valence-corrected chi connectivity index (χ0v) is 15.3. The second kappa shape index (κ2) is 9.60. The highest BCUT2D eigenvalue weighted by molar-refractivity contribution is 5.78. The van der Waals surface area contributed by atoms with Gasteiger partial charge in [0, 0.05) is 13.0 Å². The molecule has 0 saturated heterocycles. The lowest BCUT2D eigenvalue weighted by Crippen LogP contribution is -2.26. The second-order valence-electron chi connectivity index (χ2n) is 5.94. The van der Waals surface area contributed by atoms with Crippen LogP contribution in [0.3, 0.4) is 0 Å². The third-order valence-corrected chi connectivity index (χ3v) is 3.96. The SMILES string of the molecule is COC(=O)CCCNC(=O)Cc1ccc(OCc2c(C)noc2C)cc1. The summed E-state index contributed by atoms with van der Waals surface area (Å²) in [6, 6.07) is 7.38. The third kappa shape index (κ3) is 5.91. The molecule has 1 amide bonds. The number of amides is 1. The van der Waals surface area contributed by atoms with E-state index in [-0.39, 0.29) is 18.3 Å². The van der Waals surface area contributed by atoms with E-state index in [9.17, 15) is 9.59 Å². The number of ether oxygens (including phenoxy) is 2. The highest BCUT2D eigenvalue weighted by Gasteiger charge is 2.10. The summed E-state index contributed by atoms with van der Waals surface area (Å²) in [5.74, 6) is 1.11. The summed E-state index contributed by atoms with van der Waals surface area (Å²) >= 11 is 0. The van der Waals surface area contributed by atoms with Crippen LogP contribution in [-0.2, 0) is 27.4 Å². The number of esters is 1. The molecule has 2 aromatic rings. The second-order valence-corrected chi connectivity index (χ2v) is 5.94. The van der Waals surface area contributed by atoms with Crippen molar-refractivity contribution in [3.8, 4) is 5.75 Å². The number of carbonyl (C=O) groups is 2. The van der Waals surface area contributed by atoms with E-state index in [0.29, 0.717) is 31.7 Å². The molecule has 7 nitrogen and oxygen atoms in total. The van der Waals surface area contributed by atoms with Crippen molar-refractivity contribution in [1.82, 2.24) is 10.5 Å². The summed E-state index contributed by atoms with van der Waals surface area (Å²) in [5.41, 5.74) is 2.66. The van der Waals surface area contributed by atoms with E-state index in [1.165, 1.54) is 7.11 Å². The molecule has 0 aliphatic rings. The smallest absolute Gasteiger partial charge is 0.305 e. The van der Waals surface area contributed by atoms with E-state index in [4.69, 9.17) is 9.26 Å². The molecule has 0 radical (unpaired) electrons. The Morgan fingerprint density at radius 1 is 1.19 bits per heavy atom. The standard InChI is InChI=1S/C19H24N2O5/c1-13-17(14(2)26-21-13)12-25-16-8-6-15(7-9-16)11-18(22)20-10-4-5-19(23)24-3/h6-9H,4-5,10-12H2,1-3H3,(H,20,22). The van der Waals surface area contributed by atoms with Crippen LogP contribution in [0.2, 0.25) is 0 Å². The summed E-state index contributed by atoms with van der Waals surface area (Å²) in [4.78, 5) is 22.9. The fourth-order valence-electron chi connectivity index (χ4n) is 2.38. The summed E-state index contributed by atoms with van der Waals surface area (Å²) < 4.78 is 15.4. The summed E-state index contributed by atoms with van der Waals surface area (Å²) in [5, 5.41) is 6.68. The van der Waals surface area contributed by atoms with Crippen LogP contribution in [0.1, 0.15) is 35.4 Å². The molecule has 1 aromatic heterocycles. The zero-order valence-electron chi connectivity index (χ0n) is 15.3. The largest absolute Gasteiger partial charge is 0.489 e. The summed E-state index contributed by atoms with van der Waals surface area (Å²) in [6.45, 7) is 4.57. The molecule has 0 aliphatic carbocycles. The Labute approximate surface area is 152 Å². The van der Waals surface area contributed by atoms with Crippen LogP contribution >= 0.6 is 0 Å². The van der Waals surface area contributed by atoms with Crippen LogP contribution in [0.5, 0.6) is 5.75 Å². The van der Waals surface area contributed by atoms with Gasteiger partial charge in [-0.15, -0.1) is 0 Å². The fraction of sp³-hybridized carbons (Fsp3) is 0.421. The number of methoxy groups -OCH3 is 1. The van der Waals surface area contributed by atoms with E-state index >= 15 is 0 Å². The van der Waals surface area contributed by atoms with Gasteiger partial charge in [0.25, 0.3) is 0 Å². The van der Waals surface area contributed by atoms with E-state index in [0.717, 1.165) is 22.6 Å². The lowest BCUT2D eigenvalue weighted by Gasteiger charge is -2.08. The van der Waals surface area contributed by atoms with Gasteiger partial charge in [-0.05, 0) is 38.0 Å². The minimum atomic E-state index is -0.272. The van der Waals surface area contributed by atoms with Crippen molar-refractivity contribution in [1.29, 1.82) is 0 Å². The first-order chi connectivity index (χ1) is 12.5. The van der Waals surface area contributed by atoms with Gasteiger partial charge in [-0.1, -0.05) is 17.3 Å². The number of hydrogen-bond donors (Lipinski definition) is 1. The van der Waals surface area contributed by atoms with Crippen molar-refractivity contribution in [3.05, 3.63) is 46.8 Å². The molecule has 0 bridgehead atoms. The Morgan fingerprint density at radius 2 is 1.92 bits per heavy atom. The lowest BCUT2D eigenvalue weighted by atomic mass is 10.1. The van der Waals surface area contributed by atoms with Gasteiger partial charge in [0.05, 0.1) is 24.8 Å². The predicted octanol–water partition coefficient (Wildman–Crippen LogP) is 2.48. The van der Waals surface area contributed by atoms with Crippen molar-refractivity contribution in [2.75, 3.05) is 13.7 Å². The van der Waals surface area contributed by atoms with Crippen LogP contribution in [-0.4, -0.2) is 30.7 Å². The van der Waals surface area contributed by atoms with Gasteiger partial charge in [-0.3, -0.25) is 9.59 Å². The molecule has 2 rings (SSSR count). The Morgan fingerprint density at radius 3 is 2.54 bits per heavy atom. The average Bonchev–Trinajstić information content (AvgIpc) is 2.96. The van der Waals surface area contributed by atoms with Gasteiger partial charge in [0.1, 0.15) is 18.1 Å². The number of aryl methyl sites for hydroxylation is 2. The van der Waals surface area contributed by atoms with Crippen molar-refractivity contribution in [2.45, 2.75) is 39.7 Å². The number of benzene rings is 1. The lowest BCUT2D eigenvalue weighted by molar-refractivity contribution is -0.140. The van der Waals surface area contributed by atoms with E-state index in [1.54, 1.807) is 0 Å². The van der Waals surface area contributed by atoms with Crippen LogP contribution in [0, 0.1) is 13.8 Å². The number of carbonyl (C=O) groups excluding carboxylic acids is 2. The number of nitrogens with one attached hydrogen (secondary N) is 1. The maximum Gasteiger partial charge on any atom is 0.305 e. The molecular weight excluding hydrogens is 336 g/mol. The Kier molecular flexibility index (Phi) is 7.20. The Hall–Kier alpha value is -2.83. The summed E-state index contributed by atoms with van der Waals surface area (Å²) in [7, 11) is 1.35. The first-order valence-corrected chi connectivity index (χ1v) is 8.46. The minimum absolute atomic E-state index is 0.0840. The predicted molar refractivity (Wildman–Crippen MR) is 94.7 cm³/mol. The average molecular weight is 360 g/mol. The number of rotatable bonds is 9. The van der Waals surface area contributed by atoms with Crippen LogP contribution < -0.4 is 10.1 Å². The topological polar surface area (TPSA) is 90.7 Å². The first-order valence-electron chi connectivity index (χ1n) is 8.46. The van der Waals surface area contributed by atoms with Crippen LogP contribution in [0.4, 0.5) is 0 Å². The van der Waals surface area contributed by atoms with Crippen molar-refractivity contribution in [3.63, 3.8) is 0 Å². The van der Waals surface area contributed by atoms with Crippen molar-refractivity contribution >= 4 is 11.9 Å². The molecule has 0 fully saturated rings. The quantitative estimate of drug-likeness (QED) is 0.546. The number of nitrogens with zero attached hydrogens (tertiary/aromatic N) is 1. The molecule has 1 N–H and O–H groups in total. The zero-order chi connectivity index (χ0) is 18.9. The maximum atomic E-state index is 11.9. The Balaban J connectivity index is 1.74. The molecule has 0 unspecified atom stereocenters. The van der Waals surface area contributed by atoms with Gasteiger partial charge in [0.15, 0.2) is 0 Å². The van der Waals surface area contributed by atoms with Gasteiger partial charge in [-0.2, -0.15) is 0 Å². The third-order valence-electron chi connectivity index (χ3n) is 3.96. The minimum Gasteiger partial charge on any atom is -0.489 e. The molecule has 0 atom stereocenters. The van der Waals surface area contributed by atoms with E-state index in [1.807, 2.05) is 38.1 Å².